The van der Waals surface area contributed by atoms with Gasteiger partial charge in [-0.25, -0.2) is 0 Å². The van der Waals surface area contributed by atoms with E-state index in [1.165, 1.54) is 77.0 Å². The fourth-order valence-electron chi connectivity index (χ4n) is 2.78. The Bertz CT molecular complexity index is 320. The molecule has 0 radical (unpaired) electrons. The highest BCUT2D eigenvalue weighted by Crippen LogP contribution is 2.12. The zero-order valence-electron chi connectivity index (χ0n) is 15.9. The molecule has 0 aromatic carbocycles. The van der Waals surface area contributed by atoms with Crippen LogP contribution < -0.4 is 0 Å². The van der Waals surface area contributed by atoms with Gasteiger partial charge in [-0.05, 0) is 50.1 Å². The predicted octanol–water partition coefficient (Wildman–Crippen LogP) is 8.13. The van der Waals surface area contributed by atoms with E-state index >= 15 is 0 Å². The molecule has 0 atom stereocenters. The number of allylic oxidation sites excluding steroid dienone is 4. The van der Waals surface area contributed by atoms with E-state index in [0.29, 0.717) is 6.42 Å². The Labute approximate surface area is 155 Å². The van der Waals surface area contributed by atoms with Gasteiger partial charge in [0.1, 0.15) is 0 Å². The van der Waals surface area contributed by atoms with Gasteiger partial charge in [0.15, 0.2) is 0 Å². The highest BCUT2D eigenvalue weighted by atomic mass is 35.5. The molecule has 0 aliphatic rings. The van der Waals surface area contributed by atoms with Crippen molar-refractivity contribution in [2.24, 2.45) is 0 Å². The number of halogens is 1. The molecule has 0 saturated heterocycles. The summed E-state index contributed by atoms with van der Waals surface area (Å²) in [6, 6.07) is 0. The molecule has 0 aliphatic heterocycles. The molecule has 0 bridgehead atoms. The molecular weight excluding hydrogens is 316 g/mol. The van der Waals surface area contributed by atoms with Crippen molar-refractivity contribution in [1.82, 2.24) is 0 Å². The van der Waals surface area contributed by atoms with Crippen molar-refractivity contribution in [3.63, 3.8) is 0 Å². The van der Waals surface area contributed by atoms with Crippen LogP contribution in [0.25, 0.3) is 0 Å². The van der Waals surface area contributed by atoms with E-state index in [1.54, 1.807) is 0 Å². The van der Waals surface area contributed by atoms with Gasteiger partial charge in [0.2, 0.25) is 5.24 Å². The molecule has 140 valence electrons. The molecule has 0 amide bonds. The van der Waals surface area contributed by atoms with Gasteiger partial charge in [-0.1, -0.05) is 89.0 Å². The first kappa shape index (κ1) is 23.4. The summed E-state index contributed by atoms with van der Waals surface area (Å²) in [4.78, 5) is 10.6. The number of hydrogen-bond acceptors (Lipinski definition) is 1. The second-order valence-corrected chi connectivity index (χ2v) is 7.17. The topological polar surface area (TPSA) is 17.1 Å². The molecule has 24 heavy (non-hydrogen) atoms. The summed E-state index contributed by atoms with van der Waals surface area (Å²) in [7, 11) is 0. The lowest BCUT2D eigenvalue weighted by atomic mass is 10.1. The van der Waals surface area contributed by atoms with Crippen LogP contribution in [0, 0.1) is 0 Å². The van der Waals surface area contributed by atoms with E-state index in [-0.39, 0.29) is 5.24 Å². The lowest BCUT2D eigenvalue weighted by Gasteiger charge is -2.01. The van der Waals surface area contributed by atoms with Crippen molar-refractivity contribution >= 4 is 16.8 Å². The molecule has 0 aliphatic carbocycles. The second-order valence-electron chi connectivity index (χ2n) is 6.75. The smallest absolute Gasteiger partial charge is 0.221 e. The molecule has 2 heteroatoms. The molecule has 0 aromatic rings. The first-order valence-corrected chi connectivity index (χ1v) is 10.6. The third-order valence-corrected chi connectivity index (χ3v) is 4.51. The van der Waals surface area contributed by atoms with Crippen molar-refractivity contribution in [3.8, 4) is 0 Å². The van der Waals surface area contributed by atoms with E-state index in [2.05, 4.69) is 31.2 Å². The van der Waals surface area contributed by atoms with Crippen LogP contribution in [-0.4, -0.2) is 5.24 Å². The Kier molecular flexibility index (Phi) is 20.0. The maximum absolute atomic E-state index is 10.6. The fraction of sp³-hybridized carbons (Fsp3) is 0.773. The summed E-state index contributed by atoms with van der Waals surface area (Å²) >= 11 is 5.31. The molecule has 0 saturated carbocycles. The van der Waals surface area contributed by atoms with Gasteiger partial charge in [-0.15, -0.1) is 0 Å². The van der Waals surface area contributed by atoms with E-state index < -0.39 is 0 Å². The first-order valence-electron chi connectivity index (χ1n) is 10.3. The monoisotopic (exact) mass is 354 g/mol. The van der Waals surface area contributed by atoms with Gasteiger partial charge >= 0.3 is 0 Å². The summed E-state index contributed by atoms with van der Waals surface area (Å²) in [5, 5.41) is -0.188. The number of carbonyl (C=O) groups excluding carboxylic acids is 1. The minimum atomic E-state index is -0.188. The largest absolute Gasteiger partial charge is 0.281 e. The summed E-state index contributed by atoms with van der Waals surface area (Å²) < 4.78 is 0. The van der Waals surface area contributed by atoms with Crippen molar-refractivity contribution < 1.29 is 4.79 Å². The Morgan fingerprint density at radius 2 is 1.12 bits per heavy atom. The molecular formula is C22H39ClO. The number of unbranched alkanes of at least 4 members (excludes halogenated alkanes) is 12. The maximum atomic E-state index is 10.6. The Balaban J connectivity index is 3.14. The SMILES string of the molecule is CCCCC/C=C\C/C=C\CCCCCCCCCCCC(=O)Cl. The van der Waals surface area contributed by atoms with Crippen LogP contribution in [0.15, 0.2) is 24.3 Å². The van der Waals surface area contributed by atoms with Gasteiger partial charge in [0.05, 0.1) is 0 Å². The number of hydrogen-bond donors (Lipinski definition) is 0. The molecule has 1 nitrogen and oxygen atoms in total. The van der Waals surface area contributed by atoms with E-state index in [1.807, 2.05) is 0 Å². The lowest BCUT2D eigenvalue weighted by Crippen LogP contribution is -1.86. The van der Waals surface area contributed by atoms with Crippen molar-refractivity contribution in [3.05, 3.63) is 24.3 Å². The highest BCUT2D eigenvalue weighted by Gasteiger charge is 1.96. The molecule has 0 heterocycles. The van der Waals surface area contributed by atoms with Crippen LogP contribution in [0.2, 0.25) is 0 Å². The van der Waals surface area contributed by atoms with Crippen molar-refractivity contribution in [1.29, 1.82) is 0 Å². The minimum Gasteiger partial charge on any atom is -0.281 e. The number of carbonyl (C=O) groups is 1. The average Bonchev–Trinajstić information content (AvgIpc) is 2.56. The van der Waals surface area contributed by atoms with Gasteiger partial charge in [0.25, 0.3) is 0 Å². The molecule has 0 fully saturated rings. The van der Waals surface area contributed by atoms with Crippen molar-refractivity contribution in [2.45, 2.75) is 110 Å². The Morgan fingerprint density at radius 3 is 1.62 bits per heavy atom. The van der Waals surface area contributed by atoms with Crippen LogP contribution in [-0.2, 0) is 4.79 Å². The zero-order chi connectivity index (χ0) is 17.7. The summed E-state index contributed by atoms with van der Waals surface area (Å²) in [6.07, 6.45) is 28.8. The molecule has 0 N–H and O–H groups in total. The van der Waals surface area contributed by atoms with Gasteiger partial charge in [-0.3, -0.25) is 4.79 Å². The minimum absolute atomic E-state index is 0.188. The van der Waals surface area contributed by atoms with Gasteiger partial charge in [0, 0.05) is 6.42 Å². The van der Waals surface area contributed by atoms with Crippen LogP contribution in [0.4, 0.5) is 0 Å². The normalized spacial score (nSPS) is 11.8. The third-order valence-electron chi connectivity index (χ3n) is 4.32. The van der Waals surface area contributed by atoms with E-state index in [0.717, 1.165) is 19.3 Å². The average molecular weight is 355 g/mol. The van der Waals surface area contributed by atoms with Crippen molar-refractivity contribution in [2.75, 3.05) is 0 Å². The van der Waals surface area contributed by atoms with Crippen LogP contribution >= 0.6 is 11.6 Å². The third kappa shape index (κ3) is 21.4. The predicted molar refractivity (Wildman–Crippen MR) is 109 cm³/mol. The molecule has 0 aromatic heterocycles. The molecule has 0 spiro atoms. The van der Waals surface area contributed by atoms with Gasteiger partial charge in [-0.2, -0.15) is 0 Å². The standard InChI is InChI=1S/C22H39ClO/c1-2-3-4-5-6-7-8-9-10-11-12-13-14-15-16-17-18-19-20-21-22(23)24/h6-7,9-10H,2-5,8,11-21H2,1H3/b7-6-,10-9-. The summed E-state index contributed by atoms with van der Waals surface area (Å²) in [6.45, 7) is 2.25. The van der Waals surface area contributed by atoms with Crippen LogP contribution in [0.3, 0.4) is 0 Å². The molecule has 0 rings (SSSR count). The summed E-state index contributed by atoms with van der Waals surface area (Å²) in [5.41, 5.74) is 0. The highest BCUT2D eigenvalue weighted by molar-refractivity contribution is 6.63. The van der Waals surface area contributed by atoms with Crippen LogP contribution in [0.1, 0.15) is 110 Å². The quantitative estimate of drug-likeness (QED) is 0.138. The number of rotatable bonds is 18. The van der Waals surface area contributed by atoms with Crippen LogP contribution in [0.5, 0.6) is 0 Å². The van der Waals surface area contributed by atoms with E-state index in [9.17, 15) is 4.79 Å². The first-order chi connectivity index (χ1) is 11.8. The zero-order valence-corrected chi connectivity index (χ0v) is 16.7. The lowest BCUT2D eigenvalue weighted by molar-refractivity contribution is -0.111. The fourth-order valence-corrected chi connectivity index (χ4v) is 2.92. The Morgan fingerprint density at radius 1 is 0.667 bits per heavy atom. The maximum Gasteiger partial charge on any atom is 0.221 e. The molecule has 0 unspecified atom stereocenters. The summed E-state index contributed by atoms with van der Waals surface area (Å²) in [5.74, 6) is 0. The second kappa shape index (κ2) is 20.5. The van der Waals surface area contributed by atoms with Gasteiger partial charge < -0.3 is 0 Å². The van der Waals surface area contributed by atoms with E-state index in [4.69, 9.17) is 11.6 Å². The Hall–Kier alpha value is -0.560.